The molecule has 0 aliphatic rings. The van der Waals surface area contributed by atoms with Crippen molar-refractivity contribution in [2.75, 3.05) is 37.8 Å². The quantitative estimate of drug-likeness (QED) is 0.836. The van der Waals surface area contributed by atoms with E-state index in [9.17, 15) is 18.0 Å². The van der Waals surface area contributed by atoms with Crippen molar-refractivity contribution in [1.29, 1.82) is 0 Å². The second-order valence-corrected chi connectivity index (χ2v) is 5.53. The molecule has 1 heterocycles. The molecule has 9 heteroatoms. The highest BCUT2D eigenvalue weighted by molar-refractivity contribution is 6.03. The molecule has 0 aliphatic carbocycles. The molecule has 0 atom stereocenters. The maximum atomic E-state index is 12.9. The molecule has 0 spiro atoms. The van der Waals surface area contributed by atoms with Crippen LogP contribution in [0.1, 0.15) is 16.1 Å². The molecule has 0 saturated heterocycles. The van der Waals surface area contributed by atoms with E-state index in [4.69, 9.17) is 0 Å². The van der Waals surface area contributed by atoms with Gasteiger partial charge in [-0.2, -0.15) is 13.2 Å². The Kier molecular flexibility index (Phi) is 5.92. The summed E-state index contributed by atoms with van der Waals surface area (Å²) in [7, 11) is 3.86. The SMILES string of the molecule is CN(C)CCNc1ccc(C(=O)Nc2ccccc2C(F)(F)F)nn1. The first kappa shape index (κ1) is 18.7. The molecule has 6 nitrogen and oxygen atoms in total. The number of alkyl halides is 3. The van der Waals surface area contributed by atoms with Gasteiger partial charge in [0.2, 0.25) is 0 Å². The molecule has 1 aromatic carbocycles. The van der Waals surface area contributed by atoms with Gasteiger partial charge < -0.3 is 15.5 Å². The normalized spacial score (nSPS) is 11.4. The van der Waals surface area contributed by atoms with Crippen LogP contribution in [-0.4, -0.2) is 48.2 Å². The van der Waals surface area contributed by atoms with Gasteiger partial charge in [-0.25, -0.2) is 0 Å². The summed E-state index contributed by atoms with van der Waals surface area (Å²) < 4.78 is 38.8. The summed E-state index contributed by atoms with van der Waals surface area (Å²) in [5.41, 5.74) is -1.32. The fourth-order valence-corrected chi connectivity index (χ4v) is 1.98. The number of likely N-dealkylation sites (N-methyl/N-ethyl adjacent to an activating group) is 1. The van der Waals surface area contributed by atoms with Crippen LogP contribution in [0, 0.1) is 0 Å². The van der Waals surface area contributed by atoms with Crippen LogP contribution in [-0.2, 0) is 6.18 Å². The average Bonchev–Trinajstić information content (AvgIpc) is 2.54. The van der Waals surface area contributed by atoms with Gasteiger partial charge in [0.05, 0.1) is 11.3 Å². The van der Waals surface area contributed by atoms with Gasteiger partial charge in [0.15, 0.2) is 5.69 Å². The summed E-state index contributed by atoms with van der Waals surface area (Å²) in [6.45, 7) is 1.43. The average molecular weight is 353 g/mol. The molecule has 2 rings (SSSR count). The third-order valence-electron chi connectivity index (χ3n) is 3.24. The highest BCUT2D eigenvalue weighted by Gasteiger charge is 2.33. The molecule has 1 aromatic heterocycles. The molecule has 0 radical (unpaired) electrons. The Morgan fingerprint density at radius 1 is 1.12 bits per heavy atom. The number of para-hydroxylation sites is 1. The number of nitrogens with zero attached hydrogens (tertiary/aromatic N) is 3. The minimum Gasteiger partial charge on any atom is -0.367 e. The number of hydrogen-bond donors (Lipinski definition) is 2. The lowest BCUT2D eigenvalue weighted by atomic mass is 10.1. The molecule has 0 saturated carbocycles. The number of nitrogens with one attached hydrogen (secondary N) is 2. The number of carbonyl (C=O) groups excluding carboxylic acids is 1. The first-order valence-electron chi connectivity index (χ1n) is 7.47. The fourth-order valence-electron chi connectivity index (χ4n) is 1.98. The Morgan fingerprint density at radius 3 is 2.44 bits per heavy atom. The molecule has 2 N–H and O–H groups in total. The second-order valence-electron chi connectivity index (χ2n) is 5.53. The smallest absolute Gasteiger partial charge is 0.367 e. The van der Waals surface area contributed by atoms with Crippen LogP contribution in [0.4, 0.5) is 24.7 Å². The minimum atomic E-state index is -4.56. The maximum Gasteiger partial charge on any atom is 0.418 e. The van der Waals surface area contributed by atoms with Crippen molar-refractivity contribution >= 4 is 17.4 Å². The molecule has 0 unspecified atom stereocenters. The zero-order valence-electron chi connectivity index (χ0n) is 13.8. The predicted octanol–water partition coefficient (Wildman–Crippen LogP) is 2.72. The lowest BCUT2D eigenvalue weighted by Gasteiger charge is -2.13. The van der Waals surface area contributed by atoms with Crippen LogP contribution in [0.25, 0.3) is 0 Å². The largest absolute Gasteiger partial charge is 0.418 e. The number of benzene rings is 1. The van der Waals surface area contributed by atoms with Gasteiger partial charge in [0.25, 0.3) is 5.91 Å². The topological polar surface area (TPSA) is 70.2 Å². The van der Waals surface area contributed by atoms with Crippen LogP contribution in [0.3, 0.4) is 0 Å². The van der Waals surface area contributed by atoms with Crippen molar-refractivity contribution in [3.8, 4) is 0 Å². The summed E-state index contributed by atoms with van der Waals surface area (Å²) in [5.74, 6) is -0.280. The number of halogens is 3. The number of amides is 1. The first-order chi connectivity index (χ1) is 11.8. The van der Waals surface area contributed by atoms with Crippen molar-refractivity contribution < 1.29 is 18.0 Å². The lowest BCUT2D eigenvalue weighted by molar-refractivity contribution is -0.136. The molecule has 0 bridgehead atoms. The second kappa shape index (κ2) is 7.93. The van der Waals surface area contributed by atoms with E-state index in [1.54, 1.807) is 6.07 Å². The Balaban J connectivity index is 2.05. The minimum absolute atomic E-state index is 0.0739. The Bertz CT molecular complexity index is 716. The van der Waals surface area contributed by atoms with Crippen molar-refractivity contribution in [1.82, 2.24) is 15.1 Å². The van der Waals surface area contributed by atoms with Crippen molar-refractivity contribution in [3.05, 3.63) is 47.7 Å². The van der Waals surface area contributed by atoms with E-state index in [0.29, 0.717) is 12.4 Å². The van der Waals surface area contributed by atoms with E-state index in [2.05, 4.69) is 20.8 Å². The molecular weight excluding hydrogens is 335 g/mol. The molecule has 25 heavy (non-hydrogen) atoms. The van der Waals surface area contributed by atoms with E-state index in [1.165, 1.54) is 24.3 Å². The van der Waals surface area contributed by atoms with E-state index in [1.807, 2.05) is 19.0 Å². The van der Waals surface area contributed by atoms with Crippen LogP contribution in [0.2, 0.25) is 0 Å². The molecule has 134 valence electrons. The van der Waals surface area contributed by atoms with E-state index in [-0.39, 0.29) is 11.4 Å². The Labute approximate surface area is 143 Å². The summed E-state index contributed by atoms with van der Waals surface area (Å²) in [5, 5.41) is 12.8. The third kappa shape index (κ3) is 5.42. The molecule has 2 aromatic rings. The molecular formula is C16H18F3N5O. The number of carbonyl (C=O) groups is 1. The summed E-state index contributed by atoms with van der Waals surface area (Å²) in [6, 6.07) is 7.70. The van der Waals surface area contributed by atoms with Gasteiger partial charge in [0.1, 0.15) is 5.82 Å². The number of rotatable bonds is 6. The number of hydrogen-bond acceptors (Lipinski definition) is 5. The van der Waals surface area contributed by atoms with Gasteiger partial charge in [-0.3, -0.25) is 4.79 Å². The number of aromatic nitrogens is 2. The highest BCUT2D eigenvalue weighted by atomic mass is 19.4. The van der Waals surface area contributed by atoms with Gasteiger partial charge >= 0.3 is 6.18 Å². The van der Waals surface area contributed by atoms with Crippen molar-refractivity contribution in [2.24, 2.45) is 0 Å². The summed E-state index contributed by atoms with van der Waals surface area (Å²) >= 11 is 0. The van der Waals surface area contributed by atoms with Gasteiger partial charge in [0, 0.05) is 13.1 Å². The van der Waals surface area contributed by atoms with Crippen LogP contribution >= 0.6 is 0 Å². The van der Waals surface area contributed by atoms with Gasteiger partial charge in [-0.05, 0) is 38.4 Å². The fraction of sp³-hybridized carbons (Fsp3) is 0.312. The van der Waals surface area contributed by atoms with E-state index < -0.39 is 17.6 Å². The lowest BCUT2D eigenvalue weighted by Crippen LogP contribution is -2.21. The standard InChI is InChI=1S/C16H18F3N5O/c1-24(2)10-9-20-14-8-7-13(22-23-14)15(25)21-12-6-4-3-5-11(12)16(17,18)19/h3-8H,9-10H2,1-2H3,(H,20,23)(H,21,25). The van der Waals surface area contributed by atoms with Crippen LogP contribution < -0.4 is 10.6 Å². The number of anilines is 2. The Hall–Kier alpha value is -2.68. The maximum absolute atomic E-state index is 12.9. The van der Waals surface area contributed by atoms with Crippen molar-refractivity contribution in [2.45, 2.75) is 6.18 Å². The molecule has 0 fully saturated rings. The zero-order chi connectivity index (χ0) is 18.4. The van der Waals surface area contributed by atoms with E-state index in [0.717, 1.165) is 12.6 Å². The van der Waals surface area contributed by atoms with E-state index >= 15 is 0 Å². The summed E-state index contributed by atoms with van der Waals surface area (Å²) in [6.07, 6.45) is -4.56. The third-order valence-corrected chi connectivity index (χ3v) is 3.24. The Morgan fingerprint density at radius 2 is 1.84 bits per heavy atom. The van der Waals surface area contributed by atoms with Gasteiger partial charge in [-0.1, -0.05) is 12.1 Å². The molecule has 0 aliphatic heterocycles. The monoisotopic (exact) mass is 353 g/mol. The first-order valence-corrected chi connectivity index (χ1v) is 7.47. The van der Waals surface area contributed by atoms with Gasteiger partial charge in [-0.15, -0.1) is 10.2 Å². The highest BCUT2D eigenvalue weighted by Crippen LogP contribution is 2.34. The van der Waals surface area contributed by atoms with Crippen molar-refractivity contribution in [3.63, 3.8) is 0 Å². The predicted molar refractivity (Wildman–Crippen MR) is 88.5 cm³/mol. The zero-order valence-corrected chi connectivity index (χ0v) is 13.8. The van der Waals surface area contributed by atoms with Crippen LogP contribution in [0.5, 0.6) is 0 Å². The summed E-state index contributed by atoms with van der Waals surface area (Å²) in [4.78, 5) is 14.1. The molecule has 1 amide bonds. The van der Waals surface area contributed by atoms with Crippen LogP contribution in [0.15, 0.2) is 36.4 Å².